The third-order valence-electron chi connectivity index (χ3n) is 2.54. The van der Waals surface area contributed by atoms with Gasteiger partial charge in [0.05, 0.1) is 23.0 Å². The largest absolute Gasteiger partial charge is 0.465 e. The van der Waals surface area contributed by atoms with E-state index in [-0.39, 0.29) is 16.0 Å². The van der Waals surface area contributed by atoms with Crippen LogP contribution in [-0.2, 0) is 4.74 Å². The number of halogens is 2. The molecule has 0 aliphatic rings. The van der Waals surface area contributed by atoms with E-state index < -0.39 is 11.8 Å². The lowest BCUT2D eigenvalue weighted by atomic mass is 10.1. The van der Waals surface area contributed by atoms with Crippen LogP contribution in [0.2, 0.25) is 5.02 Å². The number of methoxy groups -OCH3 is 1. The van der Waals surface area contributed by atoms with Crippen molar-refractivity contribution >= 4 is 40.2 Å². The second kappa shape index (κ2) is 5.75. The van der Waals surface area contributed by atoms with Crippen molar-refractivity contribution in [3.63, 3.8) is 0 Å². The van der Waals surface area contributed by atoms with Crippen LogP contribution < -0.4 is 0 Å². The van der Waals surface area contributed by atoms with E-state index >= 15 is 0 Å². The molecule has 0 atom stereocenters. The third kappa shape index (κ3) is 2.53. The zero-order valence-corrected chi connectivity index (χ0v) is 11.9. The maximum absolute atomic E-state index is 13.8. The van der Waals surface area contributed by atoms with Crippen molar-refractivity contribution in [3.05, 3.63) is 34.6 Å². The lowest BCUT2D eigenvalue weighted by Crippen LogP contribution is -2.07. The van der Waals surface area contributed by atoms with Crippen LogP contribution in [-0.4, -0.2) is 23.8 Å². The molecule has 19 heavy (non-hydrogen) atoms. The van der Waals surface area contributed by atoms with Gasteiger partial charge in [0.1, 0.15) is 16.4 Å². The minimum atomic E-state index is -0.612. The van der Waals surface area contributed by atoms with Crippen LogP contribution in [0.3, 0.4) is 0 Å². The number of nitrogens with zero attached hydrogens (tertiary/aromatic N) is 1. The molecular weight excluding hydrogens is 289 g/mol. The number of aromatic nitrogens is 1. The molecule has 2 rings (SSSR count). The summed E-state index contributed by atoms with van der Waals surface area (Å²) in [6, 6.07) is 4.49. The van der Waals surface area contributed by atoms with Gasteiger partial charge in [-0.3, -0.25) is 0 Å². The Labute approximate surface area is 119 Å². The summed E-state index contributed by atoms with van der Waals surface area (Å²) < 4.78 is 18.5. The minimum Gasteiger partial charge on any atom is -0.465 e. The van der Waals surface area contributed by atoms with Crippen LogP contribution in [0.15, 0.2) is 23.2 Å². The Morgan fingerprint density at radius 2 is 2.26 bits per heavy atom. The highest BCUT2D eigenvalue weighted by Crippen LogP contribution is 2.34. The number of rotatable bonds is 3. The predicted molar refractivity (Wildman–Crippen MR) is 74.4 cm³/mol. The van der Waals surface area contributed by atoms with Crippen molar-refractivity contribution in [2.75, 3.05) is 12.9 Å². The molecule has 1 aromatic heterocycles. The maximum Gasteiger partial charge on any atom is 0.342 e. The maximum atomic E-state index is 13.8. The van der Waals surface area contributed by atoms with E-state index in [1.807, 2.05) is 6.92 Å². The summed E-state index contributed by atoms with van der Waals surface area (Å²) in [5.41, 5.74) is 0.544. The second-order valence-corrected chi connectivity index (χ2v) is 5.30. The van der Waals surface area contributed by atoms with Gasteiger partial charge in [0.15, 0.2) is 0 Å². The first-order valence-electron chi connectivity index (χ1n) is 5.59. The van der Waals surface area contributed by atoms with E-state index in [1.165, 1.54) is 24.9 Å². The van der Waals surface area contributed by atoms with Crippen molar-refractivity contribution in [3.8, 4) is 0 Å². The number of pyridine rings is 1. The standard InChI is InChI=1S/C13H11ClFNO2S/c1-3-19-12-10(13(17)18-2)11(14)9-7(15)5-4-6-8(9)16-12/h4-6H,3H2,1-2H3. The highest BCUT2D eigenvalue weighted by Gasteiger charge is 2.22. The fourth-order valence-electron chi connectivity index (χ4n) is 1.73. The molecule has 1 heterocycles. The quantitative estimate of drug-likeness (QED) is 0.636. The Morgan fingerprint density at radius 1 is 1.53 bits per heavy atom. The number of hydrogen-bond acceptors (Lipinski definition) is 4. The molecule has 6 heteroatoms. The molecule has 0 unspecified atom stereocenters. The Morgan fingerprint density at radius 3 is 2.89 bits per heavy atom. The molecule has 0 spiro atoms. The molecule has 0 radical (unpaired) electrons. The zero-order chi connectivity index (χ0) is 14.0. The van der Waals surface area contributed by atoms with Crippen molar-refractivity contribution in [2.45, 2.75) is 11.9 Å². The minimum absolute atomic E-state index is 0.0471. The number of carbonyl (C=O) groups is 1. The predicted octanol–water partition coefficient (Wildman–Crippen LogP) is 3.93. The number of benzene rings is 1. The van der Waals surface area contributed by atoms with Gasteiger partial charge >= 0.3 is 5.97 Å². The Balaban J connectivity index is 2.82. The number of carbonyl (C=O) groups excluding carboxylic acids is 1. The molecule has 3 nitrogen and oxygen atoms in total. The lowest BCUT2D eigenvalue weighted by Gasteiger charge is -2.11. The SMILES string of the molecule is CCSc1nc2cccc(F)c2c(Cl)c1C(=O)OC. The molecule has 0 aliphatic heterocycles. The summed E-state index contributed by atoms with van der Waals surface area (Å²) in [6.45, 7) is 1.93. The Bertz CT molecular complexity index is 648. The summed E-state index contributed by atoms with van der Waals surface area (Å²) >= 11 is 7.53. The normalized spacial score (nSPS) is 10.7. The number of ether oxygens (including phenoxy) is 1. The molecule has 0 amide bonds. The van der Waals surface area contributed by atoms with E-state index in [4.69, 9.17) is 16.3 Å². The fourth-order valence-corrected chi connectivity index (χ4v) is 2.90. The highest BCUT2D eigenvalue weighted by atomic mass is 35.5. The van der Waals surface area contributed by atoms with Crippen LogP contribution in [0.25, 0.3) is 10.9 Å². The summed E-state index contributed by atoms with van der Waals surface area (Å²) in [7, 11) is 1.25. The van der Waals surface area contributed by atoms with Gasteiger partial charge in [-0.2, -0.15) is 0 Å². The summed E-state index contributed by atoms with van der Waals surface area (Å²) in [5.74, 6) is -0.402. The van der Waals surface area contributed by atoms with Crippen LogP contribution in [0, 0.1) is 5.82 Å². The Kier molecular flexibility index (Phi) is 4.27. The van der Waals surface area contributed by atoms with Crippen molar-refractivity contribution in [2.24, 2.45) is 0 Å². The van der Waals surface area contributed by atoms with Gasteiger partial charge in [-0.15, -0.1) is 11.8 Å². The molecule has 0 saturated heterocycles. The Hall–Kier alpha value is -1.33. The molecule has 0 saturated carbocycles. The van der Waals surface area contributed by atoms with Crippen molar-refractivity contribution < 1.29 is 13.9 Å². The summed E-state index contributed by atoms with van der Waals surface area (Å²) in [6.07, 6.45) is 0. The first-order valence-corrected chi connectivity index (χ1v) is 6.95. The van der Waals surface area contributed by atoms with Gasteiger partial charge in [-0.1, -0.05) is 24.6 Å². The van der Waals surface area contributed by atoms with Gasteiger partial charge in [0.25, 0.3) is 0 Å². The molecule has 0 bridgehead atoms. The monoisotopic (exact) mass is 299 g/mol. The van der Waals surface area contributed by atoms with Crippen LogP contribution >= 0.6 is 23.4 Å². The van der Waals surface area contributed by atoms with Gasteiger partial charge < -0.3 is 4.74 Å². The number of hydrogen-bond donors (Lipinski definition) is 0. The van der Waals surface area contributed by atoms with Gasteiger partial charge in [0.2, 0.25) is 0 Å². The molecule has 0 aliphatic carbocycles. The second-order valence-electron chi connectivity index (χ2n) is 3.66. The van der Waals surface area contributed by atoms with Gasteiger partial charge in [-0.25, -0.2) is 14.2 Å². The molecule has 100 valence electrons. The van der Waals surface area contributed by atoms with E-state index in [0.29, 0.717) is 16.3 Å². The third-order valence-corrected chi connectivity index (χ3v) is 3.77. The topological polar surface area (TPSA) is 39.2 Å². The number of esters is 1. The fraction of sp³-hybridized carbons (Fsp3) is 0.231. The number of thioether (sulfide) groups is 1. The molecule has 2 aromatic rings. The van der Waals surface area contributed by atoms with Crippen LogP contribution in [0.5, 0.6) is 0 Å². The average Bonchev–Trinajstić information content (AvgIpc) is 2.38. The molecule has 1 aromatic carbocycles. The van der Waals surface area contributed by atoms with E-state index in [1.54, 1.807) is 12.1 Å². The average molecular weight is 300 g/mol. The molecular formula is C13H11ClFNO2S. The first kappa shape index (κ1) is 14.1. The van der Waals surface area contributed by atoms with Gasteiger partial charge in [0, 0.05) is 0 Å². The summed E-state index contributed by atoms with van der Waals surface area (Å²) in [5, 5.41) is 0.647. The van der Waals surface area contributed by atoms with Crippen molar-refractivity contribution in [1.82, 2.24) is 4.98 Å². The molecule has 0 N–H and O–H groups in total. The number of fused-ring (bicyclic) bond motifs is 1. The summed E-state index contributed by atoms with van der Waals surface area (Å²) in [4.78, 5) is 16.1. The smallest absolute Gasteiger partial charge is 0.342 e. The lowest BCUT2D eigenvalue weighted by molar-refractivity contribution is 0.0596. The zero-order valence-electron chi connectivity index (χ0n) is 10.4. The van der Waals surface area contributed by atoms with E-state index in [9.17, 15) is 9.18 Å². The first-order chi connectivity index (χ1) is 9.10. The molecule has 0 fully saturated rings. The van der Waals surface area contributed by atoms with E-state index in [2.05, 4.69) is 4.98 Å². The van der Waals surface area contributed by atoms with E-state index in [0.717, 1.165) is 0 Å². The highest BCUT2D eigenvalue weighted by molar-refractivity contribution is 7.99. The van der Waals surface area contributed by atoms with Crippen molar-refractivity contribution in [1.29, 1.82) is 0 Å². The van der Waals surface area contributed by atoms with Crippen LogP contribution in [0.4, 0.5) is 4.39 Å². The van der Waals surface area contributed by atoms with Crippen LogP contribution in [0.1, 0.15) is 17.3 Å². The van der Waals surface area contributed by atoms with Gasteiger partial charge in [-0.05, 0) is 17.9 Å².